The number of hydrogen-bond donors (Lipinski definition) is 1. The average Bonchev–Trinajstić information content (AvgIpc) is 2.38. The molecule has 0 saturated carbocycles. The zero-order valence-electron chi connectivity index (χ0n) is 12.9. The molecule has 2 amide bonds. The maximum atomic E-state index is 12.0. The van der Waals surface area contributed by atoms with Crippen molar-refractivity contribution < 1.29 is 9.59 Å². The first-order chi connectivity index (χ1) is 9.79. The Balaban J connectivity index is 2.60. The van der Waals surface area contributed by atoms with Gasteiger partial charge in [0.25, 0.3) is 0 Å². The minimum Gasteiger partial charge on any atom is -0.332 e. The van der Waals surface area contributed by atoms with E-state index in [2.05, 4.69) is 21.2 Å². The van der Waals surface area contributed by atoms with Gasteiger partial charge in [-0.1, -0.05) is 15.9 Å². The second-order valence-electron chi connectivity index (χ2n) is 5.26. The molecule has 0 bridgehead atoms. The Kier molecular flexibility index (Phi) is 6.84. The summed E-state index contributed by atoms with van der Waals surface area (Å²) in [5, 5.41) is 2.82. The lowest BCUT2D eigenvalue weighted by Gasteiger charge is -2.22. The van der Waals surface area contributed by atoms with Crippen molar-refractivity contribution in [3.63, 3.8) is 0 Å². The van der Waals surface area contributed by atoms with Crippen LogP contribution < -0.4 is 5.32 Å². The molecule has 0 fully saturated rings. The zero-order chi connectivity index (χ0) is 16.0. The molecule has 0 spiro atoms. The number of aryl methyl sites for hydroxylation is 1. The van der Waals surface area contributed by atoms with Gasteiger partial charge in [-0.15, -0.1) is 0 Å². The number of benzene rings is 1. The summed E-state index contributed by atoms with van der Waals surface area (Å²) in [6.07, 6.45) is 0. The predicted molar refractivity (Wildman–Crippen MR) is 88.3 cm³/mol. The molecule has 1 N–H and O–H groups in total. The molecule has 0 aliphatic rings. The van der Waals surface area contributed by atoms with Crippen LogP contribution in [0.15, 0.2) is 22.7 Å². The number of carbonyl (C=O) groups is 2. The van der Waals surface area contributed by atoms with Crippen molar-refractivity contribution in [1.82, 2.24) is 9.80 Å². The highest BCUT2D eigenvalue weighted by Crippen LogP contribution is 2.19. The highest BCUT2D eigenvalue weighted by molar-refractivity contribution is 9.10. The van der Waals surface area contributed by atoms with Crippen molar-refractivity contribution >= 4 is 33.4 Å². The molecule has 6 heteroatoms. The molecule has 0 unspecified atom stereocenters. The summed E-state index contributed by atoms with van der Waals surface area (Å²) in [5.41, 5.74) is 1.78. The highest BCUT2D eigenvalue weighted by Gasteiger charge is 2.14. The molecule has 0 aromatic heterocycles. The van der Waals surface area contributed by atoms with Crippen LogP contribution in [-0.4, -0.2) is 55.3 Å². The van der Waals surface area contributed by atoms with Crippen LogP contribution in [0.1, 0.15) is 12.5 Å². The summed E-state index contributed by atoms with van der Waals surface area (Å²) in [4.78, 5) is 27.1. The van der Waals surface area contributed by atoms with Crippen LogP contribution in [-0.2, 0) is 9.59 Å². The van der Waals surface area contributed by atoms with Gasteiger partial charge in [-0.25, -0.2) is 0 Å². The van der Waals surface area contributed by atoms with Crippen molar-refractivity contribution in [2.24, 2.45) is 0 Å². The normalized spacial score (nSPS) is 10.6. The van der Waals surface area contributed by atoms with E-state index in [1.54, 1.807) is 4.90 Å². The minimum absolute atomic E-state index is 0.0677. The number of amides is 2. The van der Waals surface area contributed by atoms with Crippen LogP contribution in [0, 0.1) is 6.92 Å². The molecule has 21 heavy (non-hydrogen) atoms. The lowest BCUT2D eigenvalue weighted by molar-refractivity contribution is -0.132. The maximum Gasteiger partial charge on any atom is 0.243 e. The number of anilines is 1. The maximum absolute atomic E-state index is 12.0. The van der Waals surface area contributed by atoms with Gasteiger partial charge in [-0.2, -0.15) is 0 Å². The Labute approximate surface area is 134 Å². The number of hydrogen-bond acceptors (Lipinski definition) is 3. The molecule has 0 aliphatic carbocycles. The molecule has 1 aromatic carbocycles. The van der Waals surface area contributed by atoms with E-state index in [0.29, 0.717) is 6.54 Å². The van der Waals surface area contributed by atoms with Gasteiger partial charge in [0.1, 0.15) is 0 Å². The molecule has 5 nitrogen and oxygen atoms in total. The van der Waals surface area contributed by atoms with E-state index in [1.165, 1.54) is 6.92 Å². The van der Waals surface area contributed by atoms with E-state index in [9.17, 15) is 9.59 Å². The summed E-state index contributed by atoms with van der Waals surface area (Å²) in [7, 11) is 3.87. The predicted octanol–water partition coefficient (Wildman–Crippen LogP) is 2.11. The number of nitrogens with one attached hydrogen (secondary N) is 1. The largest absolute Gasteiger partial charge is 0.332 e. The molecule has 116 valence electrons. The first-order valence-corrected chi connectivity index (χ1v) is 7.55. The lowest BCUT2D eigenvalue weighted by atomic mass is 10.2. The summed E-state index contributed by atoms with van der Waals surface area (Å²) in [6, 6.07) is 5.60. The van der Waals surface area contributed by atoms with Gasteiger partial charge >= 0.3 is 0 Å². The van der Waals surface area contributed by atoms with Crippen molar-refractivity contribution in [3.05, 3.63) is 28.2 Å². The van der Waals surface area contributed by atoms with Crippen LogP contribution in [0.4, 0.5) is 5.69 Å². The van der Waals surface area contributed by atoms with E-state index < -0.39 is 0 Å². The quantitative estimate of drug-likeness (QED) is 0.850. The van der Waals surface area contributed by atoms with Crippen LogP contribution in [0.3, 0.4) is 0 Å². The second-order valence-corrected chi connectivity index (χ2v) is 6.11. The van der Waals surface area contributed by atoms with Crippen LogP contribution in [0.5, 0.6) is 0 Å². The fourth-order valence-corrected chi connectivity index (χ4v) is 2.01. The van der Waals surface area contributed by atoms with E-state index in [1.807, 2.05) is 44.1 Å². The molecule has 0 aliphatic heterocycles. The molecule has 0 heterocycles. The van der Waals surface area contributed by atoms with E-state index in [-0.39, 0.29) is 18.4 Å². The van der Waals surface area contributed by atoms with Gasteiger partial charge in [-0.05, 0) is 44.8 Å². The molecule has 1 rings (SSSR count). The highest BCUT2D eigenvalue weighted by atomic mass is 79.9. The number of carbonyl (C=O) groups excluding carboxylic acids is 2. The van der Waals surface area contributed by atoms with E-state index in [4.69, 9.17) is 0 Å². The number of nitrogens with zero attached hydrogens (tertiary/aromatic N) is 2. The van der Waals surface area contributed by atoms with Crippen molar-refractivity contribution in [1.29, 1.82) is 0 Å². The molecular weight excluding hydrogens is 334 g/mol. The Morgan fingerprint density at radius 2 is 1.90 bits per heavy atom. The zero-order valence-corrected chi connectivity index (χ0v) is 14.5. The SMILES string of the molecule is CC(=O)N(CCN(C)C)CC(=O)Nc1ccc(Br)c(C)c1. The van der Waals surface area contributed by atoms with Gasteiger partial charge in [0.15, 0.2) is 0 Å². The first-order valence-electron chi connectivity index (χ1n) is 6.76. The van der Waals surface area contributed by atoms with Gasteiger partial charge in [0.05, 0.1) is 6.54 Å². The second kappa shape index (κ2) is 8.14. The van der Waals surface area contributed by atoms with Crippen molar-refractivity contribution in [2.45, 2.75) is 13.8 Å². The number of halogens is 1. The van der Waals surface area contributed by atoms with Gasteiger partial charge in [-0.3, -0.25) is 9.59 Å². The molecular formula is C15H22BrN3O2. The van der Waals surface area contributed by atoms with Crippen molar-refractivity contribution in [3.8, 4) is 0 Å². The smallest absolute Gasteiger partial charge is 0.243 e. The Bertz CT molecular complexity index is 518. The van der Waals surface area contributed by atoms with Gasteiger partial charge in [0.2, 0.25) is 11.8 Å². The average molecular weight is 356 g/mol. The van der Waals surface area contributed by atoms with Crippen LogP contribution in [0.25, 0.3) is 0 Å². The third-order valence-corrected chi connectivity index (χ3v) is 3.93. The van der Waals surface area contributed by atoms with E-state index in [0.717, 1.165) is 22.3 Å². The third kappa shape index (κ3) is 6.27. The Morgan fingerprint density at radius 1 is 1.24 bits per heavy atom. The molecule has 0 saturated heterocycles. The monoisotopic (exact) mass is 355 g/mol. The Hall–Kier alpha value is -1.40. The number of rotatable bonds is 6. The summed E-state index contributed by atoms with van der Waals surface area (Å²) >= 11 is 3.42. The minimum atomic E-state index is -0.189. The van der Waals surface area contributed by atoms with E-state index >= 15 is 0 Å². The molecule has 0 atom stereocenters. The summed E-state index contributed by atoms with van der Waals surface area (Å²) < 4.78 is 0.997. The summed E-state index contributed by atoms with van der Waals surface area (Å²) in [6.45, 7) is 4.77. The molecule has 0 radical (unpaired) electrons. The number of likely N-dealkylation sites (N-methyl/N-ethyl adjacent to an activating group) is 1. The lowest BCUT2D eigenvalue weighted by Crippen LogP contribution is -2.40. The van der Waals surface area contributed by atoms with Gasteiger partial charge in [0, 0.05) is 30.2 Å². The fourth-order valence-electron chi connectivity index (χ4n) is 1.76. The molecule has 1 aromatic rings. The van der Waals surface area contributed by atoms with Crippen LogP contribution >= 0.6 is 15.9 Å². The Morgan fingerprint density at radius 3 is 2.43 bits per heavy atom. The standard InChI is InChI=1S/C15H22BrN3O2/c1-11-9-13(5-6-14(11)16)17-15(21)10-19(12(2)20)8-7-18(3)4/h5-6,9H,7-8,10H2,1-4H3,(H,17,21). The summed E-state index contributed by atoms with van der Waals surface area (Å²) in [5.74, 6) is -0.287. The third-order valence-electron chi connectivity index (χ3n) is 3.04. The topological polar surface area (TPSA) is 52.7 Å². The van der Waals surface area contributed by atoms with Gasteiger partial charge < -0.3 is 15.1 Å². The first kappa shape index (κ1) is 17.7. The van der Waals surface area contributed by atoms with Crippen LogP contribution in [0.2, 0.25) is 0 Å². The fraction of sp³-hybridized carbons (Fsp3) is 0.467. The van der Waals surface area contributed by atoms with Crippen molar-refractivity contribution in [2.75, 3.05) is 39.0 Å².